The van der Waals surface area contributed by atoms with Crippen molar-refractivity contribution in [1.29, 1.82) is 0 Å². The first-order valence-electron chi connectivity index (χ1n) is 5.35. The maximum absolute atomic E-state index is 13.2. The predicted molar refractivity (Wildman–Crippen MR) is 73.9 cm³/mol. The van der Waals surface area contributed by atoms with Crippen LogP contribution in [-0.2, 0) is 6.42 Å². The Hall–Kier alpha value is -0.710. The lowest BCUT2D eigenvalue weighted by atomic mass is 10.0. The molecule has 1 nitrogen and oxygen atoms in total. The smallest absolute Gasteiger partial charge is 0.123 e. The molecule has 0 amide bonds. The summed E-state index contributed by atoms with van der Waals surface area (Å²) in [5.74, 6) is -0.187. The van der Waals surface area contributed by atoms with Gasteiger partial charge in [0.25, 0.3) is 0 Å². The van der Waals surface area contributed by atoms with Crippen molar-refractivity contribution in [2.45, 2.75) is 12.5 Å². The van der Waals surface area contributed by atoms with Crippen LogP contribution in [0.4, 0.5) is 4.39 Å². The lowest BCUT2D eigenvalue weighted by Crippen LogP contribution is -2.18. The van der Waals surface area contributed by atoms with Gasteiger partial charge in [0.05, 0.1) is 0 Å². The summed E-state index contributed by atoms with van der Waals surface area (Å²) in [6.07, 6.45) is 0.859. The van der Waals surface area contributed by atoms with Crippen molar-refractivity contribution in [3.8, 4) is 0 Å². The summed E-state index contributed by atoms with van der Waals surface area (Å²) >= 11 is 5.23. The van der Waals surface area contributed by atoms with E-state index in [1.165, 1.54) is 10.9 Å². The zero-order chi connectivity index (χ0) is 12.3. The van der Waals surface area contributed by atoms with Crippen LogP contribution in [0.1, 0.15) is 16.5 Å². The molecule has 0 fully saturated rings. The van der Waals surface area contributed by atoms with E-state index in [1.807, 2.05) is 19.2 Å². The van der Waals surface area contributed by atoms with Gasteiger partial charge in [-0.2, -0.15) is 0 Å². The largest absolute Gasteiger partial charge is 0.313 e. The molecule has 1 atom stereocenters. The van der Waals surface area contributed by atoms with Crippen LogP contribution in [-0.4, -0.2) is 7.05 Å². The Morgan fingerprint density at radius 3 is 2.82 bits per heavy atom. The normalized spacial score (nSPS) is 12.6. The zero-order valence-corrected chi connectivity index (χ0v) is 11.8. The van der Waals surface area contributed by atoms with Crippen LogP contribution in [0.3, 0.4) is 0 Å². The maximum Gasteiger partial charge on any atom is 0.123 e. The second-order valence-electron chi connectivity index (χ2n) is 3.79. The second kappa shape index (κ2) is 5.76. The van der Waals surface area contributed by atoms with Crippen molar-refractivity contribution in [1.82, 2.24) is 5.32 Å². The molecule has 0 aliphatic rings. The molecule has 4 heteroatoms. The highest BCUT2D eigenvalue weighted by atomic mass is 79.9. The number of nitrogens with one attached hydrogen (secondary N) is 1. The third-order valence-electron chi connectivity index (χ3n) is 2.68. The van der Waals surface area contributed by atoms with E-state index in [0.717, 1.165) is 16.5 Å². The molecule has 1 aromatic heterocycles. The molecule has 1 N–H and O–H groups in total. The molecule has 0 aliphatic heterocycles. The number of hydrogen-bond acceptors (Lipinski definition) is 2. The standard InChI is InChI=1S/C13H13BrFNS/c1-16-12(8-13-11(14)5-6-17-13)9-3-2-4-10(15)7-9/h2-7,12,16H,8H2,1H3. The fourth-order valence-electron chi connectivity index (χ4n) is 1.77. The molecule has 0 spiro atoms. The van der Waals surface area contributed by atoms with Crippen LogP contribution in [0.5, 0.6) is 0 Å². The minimum Gasteiger partial charge on any atom is -0.313 e. The fraction of sp³-hybridized carbons (Fsp3) is 0.231. The van der Waals surface area contributed by atoms with Gasteiger partial charge in [0.1, 0.15) is 5.82 Å². The average molecular weight is 314 g/mol. The Morgan fingerprint density at radius 1 is 1.41 bits per heavy atom. The molecule has 0 bridgehead atoms. The van der Waals surface area contributed by atoms with Crippen LogP contribution in [0.2, 0.25) is 0 Å². The maximum atomic E-state index is 13.2. The Labute approximate surface area is 113 Å². The zero-order valence-electron chi connectivity index (χ0n) is 9.41. The van der Waals surface area contributed by atoms with Gasteiger partial charge in [-0.3, -0.25) is 0 Å². The van der Waals surface area contributed by atoms with Gasteiger partial charge >= 0.3 is 0 Å². The van der Waals surface area contributed by atoms with Crippen LogP contribution >= 0.6 is 27.3 Å². The van der Waals surface area contributed by atoms with Crippen molar-refractivity contribution in [3.05, 3.63) is 56.4 Å². The van der Waals surface area contributed by atoms with Gasteiger partial charge < -0.3 is 5.32 Å². The van der Waals surface area contributed by atoms with Gasteiger partial charge in [-0.25, -0.2) is 4.39 Å². The monoisotopic (exact) mass is 313 g/mol. The SMILES string of the molecule is CNC(Cc1sccc1Br)c1cccc(F)c1. The summed E-state index contributed by atoms with van der Waals surface area (Å²) in [4.78, 5) is 1.27. The van der Waals surface area contributed by atoms with E-state index >= 15 is 0 Å². The molecular weight excluding hydrogens is 301 g/mol. The second-order valence-corrected chi connectivity index (χ2v) is 5.65. The number of hydrogen-bond donors (Lipinski definition) is 1. The van der Waals surface area contributed by atoms with E-state index in [-0.39, 0.29) is 11.9 Å². The fourth-order valence-corrected chi connectivity index (χ4v) is 3.33. The first-order valence-corrected chi connectivity index (χ1v) is 7.02. The molecule has 0 saturated carbocycles. The highest BCUT2D eigenvalue weighted by molar-refractivity contribution is 9.10. The van der Waals surface area contributed by atoms with E-state index in [0.29, 0.717) is 0 Å². The van der Waals surface area contributed by atoms with E-state index in [9.17, 15) is 4.39 Å². The number of benzene rings is 1. The molecule has 0 saturated heterocycles. The van der Waals surface area contributed by atoms with E-state index in [4.69, 9.17) is 0 Å². The third-order valence-corrected chi connectivity index (χ3v) is 4.63. The summed E-state index contributed by atoms with van der Waals surface area (Å²) in [6.45, 7) is 0. The van der Waals surface area contributed by atoms with Crippen LogP contribution in [0.25, 0.3) is 0 Å². The summed E-state index contributed by atoms with van der Waals surface area (Å²) in [5.41, 5.74) is 0.979. The lowest BCUT2D eigenvalue weighted by Gasteiger charge is -2.16. The molecule has 1 heterocycles. The number of rotatable bonds is 4. The highest BCUT2D eigenvalue weighted by Crippen LogP contribution is 2.28. The van der Waals surface area contributed by atoms with E-state index < -0.39 is 0 Å². The summed E-state index contributed by atoms with van der Waals surface area (Å²) < 4.78 is 14.3. The topological polar surface area (TPSA) is 12.0 Å². The van der Waals surface area contributed by atoms with Gasteiger partial charge in [0, 0.05) is 21.8 Å². The number of halogens is 2. The molecule has 1 aromatic carbocycles. The molecule has 0 radical (unpaired) electrons. The van der Waals surface area contributed by atoms with Crippen molar-refractivity contribution >= 4 is 27.3 Å². The minimum atomic E-state index is -0.187. The summed E-state index contributed by atoms with van der Waals surface area (Å²) in [7, 11) is 1.90. The molecule has 1 unspecified atom stereocenters. The quantitative estimate of drug-likeness (QED) is 0.894. The van der Waals surface area contributed by atoms with Crippen LogP contribution in [0.15, 0.2) is 40.2 Å². The molecule has 90 valence electrons. The summed E-state index contributed by atoms with van der Waals surface area (Å²) in [6, 6.07) is 8.93. The van der Waals surface area contributed by atoms with Gasteiger partial charge in [0.15, 0.2) is 0 Å². The Balaban J connectivity index is 2.20. The minimum absolute atomic E-state index is 0.139. The van der Waals surface area contributed by atoms with Gasteiger partial charge in [-0.15, -0.1) is 11.3 Å². The highest BCUT2D eigenvalue weighted by Gasteiger charge is 2.13. The Bertz CT molecular complexity index is 498. The van der Waals surface area contributed by atoms with Gasteiger partial charge in [-0.1, -0.05) is 12.1 Å². The lowest BCUT2D eigenvalue weighted by molar-refractivity contribution is 0.580. The average Bonchev–Trinajstić information content (AvgIpc) is 2.71. The van der Waals surface area contributed by atoms with E-state index in [1.54, 1.807) is 23.5 Å². The summed E-state index contributed by atoms with van der Waals surface area (Å²) in [5, 5.41) is 5.28. The number of likely N-dealkylation sites (N-methyl/N-ethyl adjacent to an activating group) is 1. The van der Waals surface area contributed by atoms with E-state index in [2.05, 4.69) is 26.6 Å². The first-order chi connectivity index (χ1) is 8.20. The third kappa shape index (κ3) is 3.15. The van der Waals surface area contributed by atoms with Crippen molar-refractivity contribution < 1.29 is 4.39 Å². The van der Waals surface area contributed by atoms with Crippen LogP contribution in [0, 0.1) is 5.82 Å². The molecule has 0 aliphatic carbocycles. The van der Waals surface area contributed by atoms with Crippen molar-refractivity contribution in [2.24, 2.45) is 0 Å². The molecule has 17 heavy (non-hydrogen) atoms. The van der Waals surface area contributed by atoms with Crippen molar-refractivity contribution in [2.75, 3.05) is 7.05 Å². The van der Waals surface area contributed by atoms with Gasteiger partial charge in [0.2, 0.25) is 0 Å². The Kier molecular flexibility index (Phi) is 4.31. The first kappa shape index (κ1) is 12.7. The van der Waals surface area contributed by atoms with Crippen molar-refractivity contribution in [3.63, 3.8) is 0 Å². The predicted octanol–water partition coefficient (Wildman–Crippen LogP) is 4.15. The molecule has 2 aromatic rings. The molecule has 2 rings (SSSR count). The number of thiophene rings is 1. The Morgan fingerprint density at radius 2 is 2.24 bits per heavy atom. The van der Waals surface area contributed by atoms with Crippen LogP contribution < -0.4 is 5.32 Å². The molecular formula is C13H13BrFNS. The van der Waals surface area contributed by atoms with Gasteiger partial charge in [-0.05, 0) is 52.1 Å².